The van der Waals surface area contributed by atoms with Crippen LogP contribution in [0.3, 0.4) is 0 Å². The molecule has 78 valence electrons. The van der Waals surface area contributed by atoms with Gasteiger partial charge in [-0.3, -0.25) is 0 Å². The number of hydrogen-bond donors (Lipinski definition) is 1. The predicted molar refractivity (Wildman–Crippen MR) is 63.4 cm³/mol. The van der Waals surface area contributed by atoms with Gasteiger partial charge in [-0.25, -0.2) is 0 Å². The first kappa shape index (κ1) is 11.6. The Kier molecular flexibility index (Phi) is 4.52. The predicted octanol–water partition coefficient (Wildman–Crippen LogP) is 2.78. The average Bonchev–Trinajstić information content (AvgIpc) is 2.12. The maximum atomic E-state index is 5.89. The van der Waals surface area contributed by atoms with Crippen LogP contribution in [0.2, 0.25) is 10.0 Å². The number of anilines is 1. The summed E-state index contributed by atoms with van der Waals surface area (Å²) in [5, 5.41) is 1.32. The van der Waals surface area contributed by atoms with E-state index < -0.39 is 0 Å². The van der Waals surface area contributed by atoms with Crippen molar-refractivity contribution in [3.63, 3.8) is 0 Å². The highest BCUT2D eigenvalue weighted by atomic mass is 35.5. The molecule has 2 N–H and O–H groups in total. The zero-order valence-electron chi connectivity index (χ0n) is 8.13. The lowest BCUT2D eigenvalue weighted by Crippen LogP contribution is -2.20. The molecule has 0 heterocycles. The van der Waals surface area contributed by atoms with E-state index in [1.54, 1.807) is 6.07 Å². The Morgan fingerprint density at radius 3 is 2.29 bits per heavy atom. The molecule has 1 aromatic rings. The summed E-state index contributed by atoms with van der Waals surface area (Å²) < 4.78 is 0. The van der Waals surface area contributed by atoms with Crippen LogP contribution in [0.25, 0.3) is 0 Å². The minimum Gasteiger partial charge on any atom is -0.374 e. The third-order valence-corrected chi connectivity index (χ3v) is 2.42. The molecular weight excluding hydrogens is 219 g/mol. The van der Waals surface area contributed by atoms with Crippen LogP contribution in [-0.2, 0) is 0 Å². The molecule has 0 aliphatic heterocycles. The highest BCUT2D eigenvalue weighted by molar-refractivity contribution is 6.35. The summed E-state index contributed by atoms with van der Waals surface area (Å²) in [6, 6.07) is 5.51. The minimum absolute atomic E-state index is 0.659. The Balaban J connectivity index is 2.73. The molecule has 0 aliphatic carbocycles. The fraction of sp³-hybridized carbons (Fsp3) is 0.400. The van der Waals surface area contributed by atoms with Crippen molar-refractivity contribution in [1.29, 1.82) is 0 Å². The Morgan fingerprint density at radius 1 is 1.21 bits per heavy atom. The van der Waals surface area contributed by atoms with Gasteiger partial charge in [-0.1, -0.05) is 23.2 Å². The number of nitrogens with two attached hydrogens (primary N) is 1. The van der Waals surface area contributed by atoms with Crippen LogP contribution in [0.15, 0.2) is 18.2 Å². The zero-order valence-corrected chi connectivity index (χ0v) is 9.65. The van der Waals surface area contributed by atoms with Gasteiger partial charge in [0.15, 0.2) is 0 Å². The summed E-state index contributed by atoms with van der Waals surface area (Å²) in [5.74, 6) is 0. The fourth-order valence-electron chi connectivity index (χ4n) is 1.22. The summed E-state index contributed by atoms with van der Waals surface area (Å²) in [4.78, 5) is 2.09. The van der Waals surface area contributed by atoms with Crippen LogP contribution in [0, 0.1) is 0 Å². The van der Waals surface area contributed by atoms with E-state index in [0.29, 0.717) is 16.6 Å². The van der Waals surface area contributed by atoms with Gasteiger partial charge >= 0.3 is 0 Å². The average molecular weight is 233 g/mol. The monoisotopic (exact) mass is 232 g/mol. The first-order valence-electron chi connectivity index (χ1n) is 4.51. The lowest BCUT2D eigenvalue weighted by Gasteiger charge is -2.19. The number of hydrogen-bond acceptors (Lipinski definition) is 2. The van der Waals surface area contributed by atoms with Gasteiger partial charge < -0.3 is 10.6 Å². The lowest BCUT2D eigenvalue weighted by molar-refractivity contribution is 0.796. The number of benzene rings is 1. The van der Waals surface area contributed by atoms with Gasteiger partial charge in [-0.05, 0) is 31.2 Å². The van der Waals surface area contributed by atoms with Crippen LogP contribution in [-0.4, -0.2) is 20.1 Å². The van der Waals surface area contributed by atoms with E-state index in [9.17, 15) is 0 Å². The van der Waals surface area contributed by atoms with Crippen LogP contribution >= 0.6 is 23.2 Å². The van der Waals surface area contributed by atoms with Crippen molar-refractivity contribution in [1.82, 2.24) is 0 Å². The quantitative estimate of drug-likeness (QED) is 0.866. The topological polar surface area (TPSA) is 29.3 Å². The summed E-state index contributed by atoms with van der Waals surface area (Å²) >= 11 is 11.8. The Bertz CT molecular complexity index is 282. The van der Waals surface area contributed by atoms with Gasteiger partial charge in [0.25, 0.3) is 0 Å². The molecule has 0 atom stereocenters. The molecule has 0 aliphatic rings. The number of rotatable bonds is 4. The Labute approximate surface area is 94.6 Å². The summed E-state index contributed by atoms with van der Waals surface area (Å²) in [6.07, 6.45) is 0.959. The van der Waals surface area contributed by atoms with Crippen molar-refractivity contribution in [2.45, 2.75) is 6.42 Å². The molecule has 0 saturated carbocycles. The van der Waals surface area contributed by atoms with E-state index in [1.165, 1.54) is 0 Å². The molecule has 0 bridgehead atoms. The van der Waals surface area contributed by atoms with E-state index in [1.807, 2.05) is 19.2 Å². The molecule has 0 aromatic heterocycles. The minimum atomic E-state index is 0.659. The molecule has 1 rings (SSSR count). The standard InChI is InChI=1S/C10H14Cl2N2/c1-14(4-2-3-13)10-6-8(11)5-9(12)7-10/h5-7H,2-4,13H2,1H3. The second-order valence-electron chi connectivity index (χ2n) is 3.19. The molecule has 0 unspecified atom stereocenters. The van der Waals surface area contributed by atoms with Crippen molar-refractivity contribution in [2.24, 2.45) is 5.73 Å². The molecule has 0 spiro atoms. The van der Waals surface area contributed by atoms with Gasteiger partial charge in [0.1, 0.15) is 0 Å². The number of nitrogens with zero attached hydrogens (tertiary/aromatic N) is 1. The summed E-state index contributed by atoms with van der Waals surface area (Å²) in [7, 11) is 2.00. The first-order valence-corrected chi connectivity index (χ1v) is 5.26. The third-order valence-electron chi connectivity index (χ3n) is 1.99. The van der Waals surface area contributed by atoms with E-state index in [0.717, 1.165) is 18.7 Å². The fourth-order valence-corrected chi connectivity index (χ4v) is 1.73. The van der Waals surface area contributed by atoms with E-state index in [-0.39, 0.29) is 0 Å². The van der Waals surface area contributed by atoms with E-state index in [2.05, 4.69) is 4.90 Å². The normalized spacial score (nSPS) is 10.3. The maximum Gasteiger partial charge on any atom is 0.0441 e. The van der Waals surface area contributed by atoms with Crippen LogP contribution in [0.1, 0.15) is 6.42 Å². The van der Waals surface area contributed by atoms with Gasteiger partial charge in [0.2, 0.25) is 0 Å². The largest absolute Gasteiger partial charge is 0.374 e. The van der Waals surface area contributed by atoms with Crippen molar-refractivity contribution < 1.29 is 0 Å². The Morgan fingerprint density at radius 2 is 1.79 bits per heavy atom. The Hall–Kier alpha value is -0.440. The van der Waals surface area contributed by atoms with Gasteiger partial charge in [0.05, 0.1) is 0 Å². The third kappa shape index (κ3) is 3.37. The molecule has 0 fully saturated rings. The van der Waals surface area contributed by atoms with Crippen molar-refractivity contribution in [3.8, 4) is 0 Å². The van der Waals surface area contributed by atoms with Gasteiger partial charge in [-0.2, -0.15) is 0 Å². The second kappa shape index (κ2) is 5.44. The van der Waals surface area contributed by atoms with Gasteiger partial charge in [-0.15, -0.1) is 0 Å². The van der Waals surface area contributed by atoms with Crippen LogP contribution in [0.5, 0.6) is 0 Å². The highest BCUT2D eigenvalue weighted by Gasteiger charge is 2.02. The maximum absolute atomic E-state index is 5.89. The van der Waals surface area contributed by atoms with Crippen molar-refractivity contribution in [3.05, 3.63) is 28.2 Å². The van der Waals surface area contributed by atoms with Crippen molar-refractivity contribution in [2.75, 3.05) is 25.0 Å². The lowest BCUT2D eigenvalue weighted by atomic mass is 10.3. The van der Waals surface area contributed by atoms with Crippen LogP contribution in [0.4, 0.5) is 5.69 Å². The molecule has 4 heteroatoms. The number of halogens is 2. The molecule has 0 amide bonds. The zero-order chi connectivity index (χ0) is 10.6. The first-order chi connectivity index (χ1) is 6.63. The SMILES string of the molecule is CN(CCCN)c1cc(Cl)cc(Cl)c1. The second-order valence-corrected chi connectivity index (χ2v) is 4.06. The summed E-state index contributed by atoms with van der Waals surface area (Å²) in [6.45, 7) is 1.60. The van der Waals surface area contributed by atoms with E-state index in [4.69, 9.17) is 28.9 Å². The van der Waals surface area contributed by atoms with E-state index >= 15 is 0 Å². The smallest absolute Gasteiger partial charge is 0.0441 e. The molecule has 0 radical (unpaired) electrons. The molecule has 14 heavy (non-hydrogen) atoms. The molecule has 0 saturated heterocycles. The molecule has 1 aromatic carbocycles. The molecular formula is C10H14Cl2N2. The summed E-state index contributed by atoms with van der Waals surface area (Å²) in [5.41, 5.74) is 6.46. The highest BCUT2D eigenvalue weighted by Crippen LogP contribution is 2.24. The van der Waals surface area contributed by atoms with Crippen LogP contribution < -0.4 is 10.6 Å². The van der Waals surface area contributed by atoms with Gasteiger partial charge in [0, 0.05) is 29.3 Å². The van der Waals surface area contributed by atoms with Crippen molar-refractivity contribution >= 4 is 28.9 Å². The molecule has 2 nitrogen and oxygen atoms in total.